The Morgan fingerprint density at radius 2 is 1.94 bits per heavy atom. The van der Waals surface area contributed by atoms with E-state index >= 15 is 0 Å². The molecular formula is C11H15N3O3S. The van der Waals surface area contributed by atoms with Gasteiger partial charge in [-0.2, -0.15) is 0 Å². The van der Waals surface area contributed by atoms with Crippen molar-refractivity contribution in [1.82, 2.24) is 15.5 Å². The molecule has 0 bridgehead atoms. The number of sulfonamides is 1. The Balaban J connectivity index is 2.04. The molecule has 1 aromatic rings. The van der Waals surface area contributed by atoms with Crippen molar-refractivity contribution < 1.29 is 13.3 Å². The first-order valence-corrected chi connectivity index (χ1v) is 6.99. The third kappa shape index (κ3) is 2.81. The van der Waals surface area contributed by atoms with Gasteiger partial charge in [-0.15, -0.1) is 0 Å². The first-order chi connectivity index (χ1) is 8.49. The van der Waals surface area contributed by atoms with Crippen molar-refractivity contribution in [2.24, 2.45) is 5.92 Å². The molecule has 6 nitrogen and oxygen atoms in total. The summed E-state index contributed by atoms with van der Waals surface area (Å²) in [4.78, 5) is 7.72. The van der Waals surface area contributed by atoms with Gasteiger partial charge in [0.25, 0.3) is 10.0 Å². The fraction of sp³-hybridized carbons (Fsp3) is 0.273. The number of nitrogens with zero attached hydrogens (tertiary/aromatic N) is 1. The van der Waals surface area contributed by atoms with E-state index in [-0.39, 0.29) is 10.8 Å². The number of hydrogen-bond donors (Lipinski definition) is 2. The number of benzene rings is 1. The summed E-state index contributed by atoms with van der Waals surface area (Å²) in [6.45, 7) is 3.89. The molecule has 0 atom stereocenters. The number of nitrogens with one attached hydrogen (secondary N) is 2. The van der Waals surface area contributed by atoms with Gasteiger partial charge >= 0.3 is 0 Å². The fourth-order valence-electron chi connectivity index (χ4n) is 1.36. The molecule has 0 radical (unpaired) electrons. The van der Waals surface area contributed by atoms with Crippen LogP contribution in [0.4, 0.5) is 0 Å². The van der Waals surface area contributed by atoms with Crippen molar-refractivity contribution in [1.29, 1.82) is 0 Å². The minimum absolute atomic E-state index is 0.170. The van der Waals surface area contributed by atoms with Crippen LogP contribution in [0.1, 0.15) is 13.8 Å². The average Bonchev–Trinajstić information content (AvgIpc) is 2.78. The van der Waals surface area contributed by atoms with Gasteiger partial charge in [0.05, 0.1) is 11.1 Å². The molecular weight excluding hydrogens is 254 g/mol. The lowest BCUT2D eigenvalue weighted by atomic mass is 10.2. The van der Waals surface area contributed by atoms with E-state index in [2.05, 4.69) is 10.3 Å². The highest BCUT2D eigenvalue weighted by Crippen LogP contribution is 2.16. The van der Waals surface area contributed by atoms with E-state index < -0.39 is 10.0 Å². The summed E-state index contributed by atoms with van der Waals surface area (Å²) in [5.41, 5.74) is 2.67. The highest BCUT2D eigenvalue weighted by atomic mass is 32.2. The molecule has 2 N–H and O–H groups in total. The molecule has 0 aliphatic carbocycles. The van der Waals surface area contributed by atoms with E-state index in [0.29, 0.717) is 5.76 Å². The summed E-state index contributed by atoms with van der Waals surface area (Å²) in [6, 6.07) is 8.09. The Bertz CT molecular complexity index is 540. The molecule has 1 heterocycles. The van der Waals surface area contributed by atoms with Gasteiger partial charge in [0, 0.05) is 11.2 Å². The molecule has 0 fully saturated rings. The van der Waals surface area contributed by atoms with Gasteiger partial charge in [-0.25, -0.2) is 8.42 Å². The topological polar surface area (TPSA) is 70.7 Å². The summed E-state index contributed by atoms with van der Waals surface area (Å²) in [5, 5.41) is 0.970. The van der Waals surface area contributed by atoms with Crippen LogP contribution in [0.5, 0.6) is 0 Å². The van der Waals surface area contributed by atoms with Crippen LogP contribution in [0.3, 0.4) is 0 Å². The largest absolute Gasteiger partial charge is 0.373 e. The van der Waals surface area contributed by atoms with Gasteiger partial charge < -0.3 is 4.84 Å². The maximum Gasteiger partial charge on any atom is 0.257 e. The van der Waals surface area contributed by atoms with Crippen molar-refractivity contribution in [3.63, 3.8) is 0 Å². The quantitative estimate of drug-likeness (QED) is 0.857. The molecule has 0 saturated carbocycles. The lowest BCUT2D eigenvalue weighted by Gasteiger charge is -2.17. The van der Waals surface area contributed by atoms with E-state index in [0.717, 1.165) is 5.28 Å². The average molecular weight is 269 g/mol. The number of rotatable bonds is 4. The first kappa shape index (κ1) is 12.9. The van der Waals surface area contributed by atoms with Gasteiger partial charge in [-0.3, -0.25) is 5.43 Å². The van der Waals surface area contributed by atoms with Gasteiger partial charge in [-0.1, -0.05) is 36.9 Å². The smallest absolute Gasteiger partial charge is 0.257 e. The minimum atomic E-state index is -3.64. The van der Waals surface area contributed by atoms with Crippen molar-refractivity contribution in [3.8, 4) is 0 Å². The van der Waals surface area contributed by atoms with Crippen molar-refractivity contribution >= 4 is 10.0 Å². The summed E-state index contributed by atoms with van der Waals surface area (Å²) in [6.07, 6.45) is 1.61. The molecule has 1 aromatic carbocycles. The third-order valence-electron chi connectivity index (χ3n) is 2.35. The third-order valence-corrected chi connectivity index (χ3v) is 3.65. The Kier molecular flexibility index (Phi) is 3.55. The first-order valence-electron chi connectivity index (χ1n) is 5.51. The second kappa shape index (κ2) is 4.97. The Labute approximate surface area is 106 Å². The Hall–Kier alpha value is -1.57. The summed E-state index contributed by atoms with van der Waals surface area (Å²) in [7, 11) is -3.64. The number of hydrazine groups is 2. The molecule has 0 amide bonds. The van der Waals surface area contributed by atoms with Crippen LogP contribution in [0.2, 0.25) is 0 Å². The molecule has 1 aliphatic heterocycles. The molecule has 0 aromatic heterocycles. The van der Waals surface area contributed by atoms with Crippen LogP contribution < -0.4 is 10.3 Å². The molecule has 98 valence electrons. The molecule has 18 heavy (non-hydrogen) atoms. The highest BCUT2D eigenvalue weighted by molar-refractivity contribution is 7.89. The highest BCUT2D eigenvalue weighted by Gasteiger charge is 2.24. The molecule has 2 rings (SSSR count). The van der Waals surface area contributed by atoms with Crippen LogP contribution in [-0.2, 0) is 14.9 Å². The lowest BCUT2D eigenvalue weighted by molar-refractivity contribution is -0.153. The van der Waals surface area contributed by atoms with E-state index in [1.54, 1.807) is 24.4 Å². The molecule has 1 aliphatic rings. The van der Waals surface area contributed by atoms with Crippen molar-refractivity contribution in [2.75, 3.05) is 0 Å². The van der Waals surface area contributed by atoms with Crippen LogP contribution in [0.15, 0.2) is 47.2 Å². The van der Waals surface area contributed by atoms with Gasteiger partial charge in [0.2, 0.25) is 0 Å². The van der Waals surface area contributed by atoms with Crippen molar-refractivity contribution in [3.05, 3.63) is 42.3 Å². The Morgan fingerprint density at radius 3 is 2.50 bits per heavy atom. The van der Waals surface area contributed by atoms with Gasteiger partial charge in [0.15, 0.2) is 0 Å². The zero-order chi connectivity index (χ0) is 13.2. The number of allylic oxidation sites excluding steroid dienone is 1. The standard InChI is InChI=1S/C11H15N3O3S/c1-9(2)11-8-12-14(17-11)13-18(15,16)10-6-4-3-5-7-10/h3-9,12-13H,1-2H3. The normalized spacial score (nSPS) is 16.3. The maximum atomic E-state index is 12.0. The van der Waals surface area contributed by atoms with E-state index in [1.165, 1.54) is 12.1 Å². The Morgan fingerprint density at radius 1 is 1.28 bits per heavy atom. The van der Waals surface area contributed by atoms with Crippen LogP contribution >= 0.6 is 0 Å². The molecule has 0 saturated heterocycles. The molecule has 7 heteroatoms. The van der Waals surface area contributed by atoms with Crippen LogP contribution in [0.25, 0.3) is 0 Å². The van der Waals surface area contributed by atoms with Crippen LogP contribution in [0, 0.1) is 5.92 Å². The zero-order valence-electron chi connectivity index (χ0n) is 10.1. The second-order valence-corrected chi connectivity index (χ2v) is 5.78. The van der Waals surface area contributed by atoms with E-state index in [4.69, 9.17) is 4.84 Å². The SMILES string of the molecule is CC(C)C1=CNN(NS(=O)(=O)c2ccccc2)O1. The summed E-state index contributed by atoms with van der Waals surface area (Å²) < 4.78 is 23.9. The second-order valence-electron chi connectivity index (χ2n) is 4.12. The molecule has 0 unspecified atom stereocenters. The summed E-state index contributed by atoms with van der Waals surface area (Å²) >= 11 is 0. The predicted octanol–water partition coefficient (Wildman–Crippen LogP) is 1.13. The maximum absolute atomic E-state index is 12.0. The van der Waals surface area contributed by atoms with Crippen LogP contribution in [-0.4, -0.2) is 13.7 Å². The monoisotopic (exact) mass is 269 g/mol. The number of hydrogen-bond acceptors (Lipinski definition) is 5. The fourth-order valence-corrected chi connectivity index (χ4v) is 2.29. The molecule has 0 spiro atoms. The van der Waals surface area contributed by atoms with E-state index in [1.807, 2.05) is 13.8 Å². The zero-order valence-corrected chi connectivity index (χ0v) is 10.9. The van der Waals surface area contributed by atoms with Gasteiger partial charge in [0.1, 0.15) is 5.76 Å². The van der Waals surface area contributed by atoms with E-state index in [9.17, 15) is 8.42 Å². The summed E-state index contributed by atoms with van der Waals surface area (Å²) in [5.74, 6) is 0.828. The lowest BCUT2D eigenvalue weighted by Crippen LogP contribution is -2.45. The van der Waals surface area contributed by atoms with Crippen molar-refractivity contribution in [2.45, 2.75) is 18.7 Å². The van der Waals surface area contributed by atoms with Gasteiger partial charge in [-0.05, 0) is 12.1 Å². The minimum Gasteiger partial charge on any atom is -0.373 e. The predicted molar refractivity (Wildman–Crippen MR) is 65.7 cm³/mol.